The topological polar surface area (TPSA) is 43.0 Å². The number of hydrogen-bond donors (Lipinski definition) is 1. The Labute approximate surface area is 124 Å². The summed E-state index contributed by atoms with van der Waals surface area (Å²) in [5.41, 5.74) is 4.36. The highest BCUT2D eigenvalue weighted by Crippen LogP contribution is 2.30. The van der Waals surface area contributed by atoms with E-state index in [0.29, 0.717) is 0 Å². The van der Waals surface area contributed by atoms with Gasteiger partial charge in [0.2, 0.25) is 0 Å². The summed E-state index contributed by atoms with van der Waals surface area (Å²) < 4.78 is 7.91. The highest BCUT2D eigenvalue weighted by atomic mass is 16.3. The minimum absolute atomic E-state index is 0.0383. The molecule has 0 amide bonds. The van der Waals surface area contributed by atoms with Gasteiger partial charge in [-0.15, -0.1) is 0 Å². The summed E-state index contributed by atoms with van der Waals surface area (Å²) in [5, 5.41) is 9.09. The molecule has 3 aromatic rings. The molecule has 0 aliphatic rings. The molecule has 1 unspecified atom stereocenters. The SMILES string of the molecule is CCNC(c1cc2cc(C)ccc2o1)c1cn(C)nc1C. The van der Waals surface area contributed by atoms with Crippen LogP contribution >= 0.6 is 0 Å². The number of rotatable bonds is 4. The summed E-state index contributed by atoms with van der Waals surface area (Å²) in [5.74, 6) is 0.938. The van der Waals surface area contributed by atoms with Crippen LogP contribution in [0.4, 0.5) is 0 Å². The zero-order chi connectivity index (χ0) is 15.0. The summed E-state index contributed by atoms with van der Waals surface area (Å²) in [6.45, 7) is 7.10. The van der Waals surface area contributed by atoms with Gasteiger partial charge in [0, 0.05) is 24.2 Å². The molecule has 2 heterocycles. The fraction of sp³-hybridized carbons (Fsp3) is 0.353. The van der Waals surface area contributed by atoms with E-state index in [9.17, 15) is 0 Å². The Balaban J connectivity index is 2.08. The molecule has 0 radical (unpaired) electrons. The van der Waals surface area contributed by atoms with E-state index in [4.69, 9.17) is 4.42 Å². The maximum absolute atomic E-state index is 6.06. The predicted molar refractivity (Wildman–Crippen MR) is 84.4 cm³/mol. The second kappa shape index (κ2) is 5.37. The van der Waals surface area contributed by atoms with Crippen molar-refractivity contribution in [3.63, 3.8) is 0 Å². The van der Waals surface area contributed by atoms with Crippen LogP contribution in [0.15, 0.2) is 34.9 Å². The first-order valence-electron chi connectivity index (χ1n) is 7.32. The van der Waals surface area contributed by atoms with Crippen LogP contribution in [0.25, 0.3) is 11.0 Å². The van der Waals surface area contributed by atoms with E-state index in [1.54, 1.807) is 0 Å². The average Bonchev–Trinajstić information content (AvgIpc) is 2.98. The van der Waals surface area contributed by atoms with Crippen LogP contribution in [0.1, 0.15) is 35.5 Å². The van der Waals surface area contributed by atoms with Crippen LogP contribution in [0.3, 0.4) is 0 Å². The van der Waals surface area contributed by atoms with E-state index < -0.39 is 0 Å². The van der Waals surface area contributed by atoms with Crippen molar-refractivity contribution in [2.75, 3.05) is 6.54 Å². The lowest BCUT2D eigenvalue weighted by Gasteiger charge is -2.14. The van der Waals surface area contributed by atoms with Crippen molar-refractivity contribution >= 4 is 11.0 Å². The Kier molecular flexibility index (Phi) is 3.55. The fourth-order valence-corrected chi connectivity index (χ4v) is 2.79. The molecule has 2 aromatic heterocycles. The quantitative estimate of drug-likeness (QED) is 0.797. The van der Waals surface area contributed by atoms with Crippen molar-refractivity contribution in [1.82, 2.24) is 15.1 Å². The molecule has 1 aromatic carbocycles. The molecule has 4 nitrogen and oxygen atoms in total. The summed E-state index contributed by atoms with van der Waals surface area (Å²) in [7, 11) is 1.95. The lowest BCUT2D eigenvalue weighted by atomic mass is 10.1. The van der Waals surface area contributed by atoms with Crippen LogP contribution in [-0.2, 0) is 7.05 Å². The normalized spacial score (nSPS) is 13.0. The third kappa shape index (κ3) is 2.59. The third-order valence-electron chi connectivity index (χ3n) is 3.75. The molecule has 3 rings (SSSR count). The van der Waals surface area contributed by atoms with Gasteiger partial charge in [-0.2, -0.15) is 5.10 Å². The van der Waals surface area contributed by atoms with Crippen LogP contribution < -0.4 is 5.32 Å². The number of benzene rings is 1. The number of aromatic nitrogens is 2. The minimum Gasteiger partial charge on any atom is -0.459 e. The van der Waals surface area contributed by atoms with E-state index >= 15 is 0 Å². The molecule has 4 heteroatoms. The summed E-state index contributed by atoms with van der Waals surface area (Å²) in [6.07, 6.45) is 2.06. The van der Waals surface area contributed by atoms with Gasteiger partial charge in [0.05, 0.1) is 11.7 Å². The second-order valence-electron chi connectivity index (χ2n) is 5.52. The number of nitrogens with zero attached hydrogens (tertiary/aromatic N) is 2. The van der Waals surface area contributed by atoms with Crippen molar-refractivity contribution in [3.8, 4) is 0 Å². The molecular weight excluding hydrogens is 262 g/mol. The molecular formula is C17H21N3O. The summed E-state index contributed by atoms with van der Waals surface area (Å²) in [4.78, 5) is 0. The molecule has 0 bridgehead atoms. The van der Waals surface area contributed by atoms with Gasteiger partial charge in [0.1, 0.15) is 11.3 Å². The largest absolute Gasteiger partial charge is 0.459 e. The first kappa shape index (κ1) is 13.9. The zero-order valence-corrected chi connectivity index (χ0v) is 13.0. The van der Waals surface area contributed by atoms with E-state index in [1.165, 1.54) is 5.56 Å². The van der Waals surface area contributed by atoms with Crippen LogP contribution in [0.2, 0.25) is 0 Å². The predicted octanol–water partition coefficient (Wildman–Crippen LogP) is 3.48. The third-order valence-corrected chi connectivity index (χ3v) is 3.75. The molecule has 0 aliphatic carbocycles. The standard InChI is InChI=1S/C17H21N3O/c1-5-18-17(14-10-20(4)19-12(14)3)16-9-13-8-11(2)6-7-15(13)21-16/h6-10,17-18H,5H2,1-4H3. The molecule has 0 saturated carbocycles. The number of nitrogens with one attached hydrogen (secondary N) is 1. The van der Waals surface area contributed by atoms with Gasteiger partial charge in [-0.25, -0.2) is 0 Å². The molecule has 0 saturated heterocycles. The monoisotopic (exact) mass is 283 g/mol. The minimum atomic E-state index is 0.0383. The van der Waals surface area contributed by atoms with Crippen molar-refractivity contribution < 1.29 is 4.42 Å². The van der Waals surface area contributed by atoms with Gasteiger partial charge in [-0.05, 0) is 38.6 Å². The molecule has 0 spiro atoms. The van der Waals surface area contributed by atoms with Crippen molar-refractivity contribution in [2.24, 2.45) is 7.05 Å². The van der Waals surface area contributed by atoms with E-state index in [1.807, 2.05) is 24.7 Å². The molecule has 0 fully saturated rings. The highest BCUT2D eigenvalue weighted by Gasteiger charge is 2.21. The Morgan fingerprint density at radius 2 is 2.10 bits per heavy atom. The van der Waals surface area contributed by atoms with Gasteiger partial charge >= 0.3 is 0 Å². The zero-order valence-electron chi connectivity index (χ0n) is 13.0. The number of fused-ring (bicyclic) bond motifs is 1. The summed E-state index contributed by atoms with van der Waals surface area (Å²) in [6, 6.07) is 8.43. The van der Waals surface area contributed by atoms with Crippen molar-refractivity contribution in [2.45, 2.75) is 26.8 Å². The molecule has 1 atom stereocenters. The van der Waals surface area contributed by atoms with Crippen LogP contribution in [-0.4, -0.2) is 16.3 Å². The van der Waals surface area contributed by atoms with Crippen LogP contribution in [0, 0.1) is 13.8 Å². The van der Waals surface area contributed by atoms with Gasteiger partial charge in [-0.1, -0.05) is 18.6 Å². The Bertz CT molecular complexity index is 770. The Morgan fingerprint density at radius 1 is 1.29 bits per heavy atom. The van der Waals surface area contributed by atoms with Crippen LogP contribution in [0.5, 0.6) is 0 Å². The number of furan rings is 1. The summed E-state index contributed by atoms with van der Waals surface area (Å²) >= 11 is 0. The Hall–Kier alpha value is -2.07. The lowest BCUT2D eigenvalue weighted by molar-refractivity contribution is 0.476. The van der Waals surface area contributed by atoms with Crippen molar-refractivity contribution in [3.05, 3.63) is 53.0 Å². The fourth-order valence-electron chi connectivity index (χ4n) is 2.79. The molecule has 0 aliphatic heterocycles. The first-order valence-corrected chi connectivity index (χ1v) is 7.32. The first-order chi connectivity index (χ1) is 10.1. The molecule has 21 heavy (non-hydrogen) atoms. The molecule has 1 N–H and O–H groups in total. The maximum atomic E-state index is 6.06. The number of hydrogen-bond acceptors (Lipinski definition) is 3. The molecule has 110 valence electrons. The maximum Gasteiger partial charge on any atom is 0.134 e. The number of aryl methyl sites for hydroxylation is 3. The van der Waals surface area contributed by atoms with Crippen molar-refractivity contribution in [1.29, 1.82) is 0 Å². The van der Waals surface area contributed by atoms with Gasteiger partial charge in [0.15, 0.2) is 0 Å². The highest BCUT2D eigenvalue weighted by molar-refractivity contribution is 5.79. The van der Waals surface area contributed by atoms with Gasteiger partial charge < -0.3 is 9.73 Å². The average molecular weight is 283 g/mol. The second-order valence-corrected chi connectivity index (χ2v) is 5.52. The lowest BCUT2D eigenvalue weighted by Crippen LogP contribution is -2.21. The smallest absolute Gasteiger partial charge is 0.134 e. The van der Waals surface area contributed by atoms with Gasteiger partial charge in [0.25, 0.3) is 0 Å². The van der Waals surface area contributed by atoms with E-state index in [0.717, 1.165) is 34.5 Å². The van der Waals surface area contributed by atoms with Gasteiger partial charge in [-0.3, -0.25) is 4.68 Å². The van der Waals surface area contributed by atoms with E-state index in [-0.39, 0.29) is 6.04 Å². The Morgan fingerprint density at radius 3 is 2.76 bits per heavy atom. The van der Waals surface area contributed by atoms with E-state index in [2.05, 4.69) is 48.7 Å².